The van der Waals surface area contributed by atoms with Gasteiger partial charge in [-0.1, -0.05) is 55.8 Å². The minimum Gasteiger partial charge on any atom is -0.294 e. The summed E-state index contributed by atoms with van der Waals surface area (Å²) in [6.45, 7) is 2.21. The average molecular weight is 238 g/mol. The molecule has 1 saturated carbocycles. The SMILES string of the molecule is CC1CCCC1C(=O)c1cccc2ccccc12. The molecule has 2 aromatic rings. The maximum atomic E-state index is 12.7. The van der Waals surface area contributed by atoms with Crippen molar-refractivity contribution in [1.82, 2.24) is 0 Å². The van der Waals surface area contributed by atoms with Gasteiger partial charge in [0.05, 0.1) is 0 Å². The van der Waals surface area contributed by atoms with Crippen molar-refractivity contribution in [1.29, 1.82) is 0 Å². The lowest BCUT2D eigenvalue weighted by Gasteiger charge is -2.15. The molecule has 0 spiro atoms. The maximum absolute atomic E-state index is 12.7. The van der Waals surface area contributed by atoms with Crippen LogP contribution in [-0.4, -0.2) is 5.78 Å². The van der Waals surface area contributed by atoms with Gasteiger partial charge in [-0.2, -0.15) is 0 Å². The Morgan fingerprint density at radius 3 is 2.61 bits per heavy atom. The minimum atomic E-state index is 0.232. The van der Waals surface area contributed by atoms with E-state index in [4.69, 9.17) is 0 Å². The van der Waals surface area contributed by atoms with E-state index in [9.17, 15) is 4.79 Å². The summed E-state index contributed by atoms with van der Waals surface area (Å²) in [5, 5.41) is 2.26. The van der Waals surface area contributed by atoms with Crippen LogP contribution >= 0.6 is 0 Å². The molecule has 92 valence electrons. The molecule has 18 heavy (non-hydrogen) atoms. The molecule has 1 aliphatic rings. The van der Waals surface area contributed by atoms with Gasteiger partial charge < -0.3 is 0 Å². The van der Waals surface area contributed by atoms with Crippen LogP contribution in [0.2, 0.25) is 0 Å². The second-order valence-corrected chi connectivity index (χ2v) is 5.41. The van der Waals surface area contributed by atoms with Crippen LogP contribution in [0.3, 0.4) is 0 Å². The molecule has 0 aromatic heterocycles. The molecule has 0 aliphatic heterocycles. The van der Waals surface area contributed by atoms with Crippen LogP contribution in [0.4, 0.5) is 0 Å². The van der Waals surface area contributed by atoms with Crippen LogP contribution in [-0.2, 0) is 0 Å². The first-order valence-corrected chi connectivity index (χ1v) is 6.79. The molecule has 3 rings (SSSR count). The van der Waals surface area contributed by atoms with Crippen LogP contribution < -0.4 is 0 Å². The van der Waals surface area contributed by atoms with Crippen molar-refractivity contribution in [2.45, 2.75) is 26.2 Å². The first-order valence-electron chi connectivity index (χ1n) is 6.79. The van der Waals surface area contributed by atoms with E-state index in [0.717, 1.165) is 22.8 Å². The van der Waals surface area contributed by atoms with Gasteiger partial charge in [0.15, 0.2) is 5.78 Å². The summed E-state index contributed by atoms with van der Waals surface area (Å²) in [6.07, 6.45) is 3.45. The van der Waals surface area contributed by atoms with Crippen molar-refractivity contribution in [2.75, 3.05) is 0 Å². The van der Waals surface area contributed by atoms with E-state index in [1.165, 1.54) is 12.8 Å². The lowest BCUT2D eigenvalue weighted by molar-refractivity contribution is 0.0899. The molecule has 0 N–H and O–H groups in total. The fourth-order valence-electron chi connectivity index (χ4n) is 3.17. The summed E-state index contributed by atoms with van der Waals surface area (Å²) < 4.78 is 0. The summed E-state index contributed by atoms with van der Waals surface area (Å²) in [5.41, 5.74) is 0.909. The van der Waals surface area contributed by atoms with E-state index in [1.807, 2.05) is 24.3 Å². The van der Waals surface area contributed by atoms with Crippen molar-refractivity contribution in [3.8, 4) is 0 Å². The zero-order valence-electron chi connectivity index (χ0n) is 10.7. The summed E-state index contributed by atoms with van der Waals surface area (Å²) in [6, 6.07) is 14.2. The predicted molar refractivity (Wildman–Crippen MR) is 74.8 cm³/mol. The molecule has 0 saturated heterocycles. The van der Waals surface area contributed by atoms with Crippen LogP contribution in [0.5, 0.6) is 0 Å². The molecule has 1 heteroatoms. The van der Waals surface area contributed by atoms with Crippen molar-refractivity contribution in [2.24, 2.45) is 11.8 Å². The second kappa shape index (κ2) is 4.56. The number of rotatable bonds is 2. The number of Topliss-reactive ketones (excluding diaryl/α,β-unsaturated/α-hetero) is 1. The van der Waals surface area contributed by atoms with Gasteiger partial charge in [-0.15, -0.1) is 0 Å². The molecule has 0 bridgehead atoms. The van der Waals surface area contributed by atoms with Gasteiger partial charge in [0, 0.05) is 11.5 Å². The zero-order valence-corrected chi connectivity index (χ0v) is 10.7. The Balaban J connectivity index is 2.06. The van der Waals surface area contributed by atoms with Gasteiger partial charge in [-0.05, 0) is 29.5 Å². The molecule has 0 heterocycles. The number of carbonyl (C=O) groups is 1. The van der Waals surface area contributed by atoms with Gasteiger partial charge in [0.25, 0.3) is 0 Å². The quantitative estimate of drug-likeness (QED) is 0.706. The molecule has 2 atom stereocenters. The third-order valence-corrected chi connectivity index (χ3v) is 4.25. The summed E-state index contributed by atoms with van der Waals surface area (Å²) in [7, 11) is 0. The number of hydrogen-bond donors (Lipinski definition) is 0. The van der Waals surface area contributed by atoms with Gasteiger partial charge in [0.2, 0.25) is 0 Å². The second-order valence-electron chi connectivity index (χ2n) is 5.41. The first-order chi connectivity index (χ1) is 8.77. The lowest BCUT2D eigenvalue weighted by Crippen LogP contribution is -2.17. The predicted octanol–water partition coefficient (Wildman–Crippen LogP) is 4.46. The molecule has 1 nitrogen and oxygen atoms in total. The highest BCUT2D eigenvalue weighted by Gasteiger charge is 2.30. The molecule has 2 aromatic carbocycles. The number of fused-ring (bicyclic) bond motifs is 1. The van der Waals surface area contributed by atoms with E-state index < -0.39 is 0 Å². The van der Waals surface area contributed by atoms with Crippen molar-refractivity contribution in [3.05, 3.63) is 48.0 Å². The summed E-state index contributed by atoms with van der Waals surface area (Å²) >= 11 is 0. The van der Waals surface area contributed by atoms with Crippen LogP contribution in [0.15, 0.2) is 42.5 Å². The summed E-state index contributed by atoms with van der Waals surface area (Å²) in [5.74, 6) is 1.11. The third-order valence-electron chi connectivity index (χ3n) is 4.25. The van der Waals surface area contributed by atoms with Gasteiger partial charge >= 0.3 is 0 Å². The Hall–Kier alpha value is -1.63. The average Bonchev–Trinajstić information content (AvgIpc) is 2.83. The molecule has 1 fully saturated rings. The Labute approximate surface area is 108 Å². The topological polar surface area (TPSA) is 17.1 Å². The van der Waals surface area contributed by atoms with Crippen LogP contribution in [0.1, 0.15) is 36.5 Å². The Morgan fingerprint density at radius 1 is 1.06 bits per heavy atom. The Morgan fingerprint density at radius 2 is 1.83 bits per heavy atom. The molecular weight excluding hydrogens is 220 g/mol. The zero-order chi connectivity index (χ0) is 12.5. The normalized spacial score (nSPS) is 23.4. The van der Waals surface area contributed by atoms with Crippen LogP contribution in [0, 0.1) is 11.8 Å². The molecule has 0 amide bonds. The van der Waals surface area contributed by atoms with E-state index in [-0.39, 0.29) is 5.92 Å². The van der Waals surface area contributed by atoms with Gasteiger partial charge in [-0.3, -0.25) is 4.79 Å². The minimum absolute atomic E-state index is 0.232. The van der Waals surface area contributed by atoms with E-state index >= 15 is 0 Å². The van der Waals surface area contributed by atoms with Crippen molar-refractivity contribution in [3.63, 3.8) is 0 Å². The fraction of sp³-hybridized carbons (Fsp3) is 0.353. The number of benzene rings is 2. The number of hydrogen-bond acceptors (Lipinski definition) is 1. The highest BCUT2D eigenvalue weighted by molar-refractivity contribution is 6.09. The number of carbonyl (C=O) groups excluding carboxylic acids is 1. The standard InChI is InChI=1S/C17H18O/c1-12-6-4-10-14(12)17(18)16-11-5-8-13-7-2-3-9-15(13)16/h2-3,5,7-9,11-12,14H,4,6,10H2,1H3. The van der Waals surface area contributed by atoms with Gasteiger partial charge in [0.1, 0.15) is 0 Å². The summed E-state index contributed by atoms with van der Waals surface area (Å²) in [4.78, 5) is 12.7. The highest BCUT2D eigenvalue weighted by atomic mass is 16.1. The highest BCUT2D eigenvalue weighted by Crippen LogP contribution is 2.35. The monoisotopic (exact) mass is 238 g/mol. The Kier molecular flexibility index (Phi) is 2.91. The van der Waals surface area contributed by atoms with Crippen molar-refractivity contribution < 1.29 is 4.79 Å². The van der Waals surface area contributed by atoms with E-state index in [1.54, 1.807) is 0 Å². The smallest absolute Gasteiger partial charge is 0.166 e. The molecule has 2 unspecified atom stereocenters. The van der Waals surface area contributed by atoms with E-state index in [2.05, 4.69) is 25.1 Å². The fourth-order valence-corrected chi connectivity index (χ4v) is 3.17. The van der Waals surface area contributed by atoms with Gasteiger partial charge in [-0.25, -0.2) is 0 Å². The largest absolute Gasteiger partial charge is 0.294 e. The van der Waals surface area contributed by atoms with Crippen LogP contribution in [0.25, 0.3) is 10.8 Å². The molecule has 1 aliphatic carbocycles. The molecular formula is C17H18O. The van der Waals surface area contributed by atoms with E-state index in [0.29, 0.717) is 11.7 Å². The number of ketones is 1. The lowest BCUT2D eigenvalue weighted by atomic mass is 9.87. The Bertz CT molecular complexity index is 580. The third kappa shape index (κ3) is 1.84. The first kappa shape index (κ1) is 11.5. The molecule has 0 radical (unpaired) electrons. The maximum Gasteiger partial charge on any atom is 0.166 e. The van der Waals surface area contributed by atoms with Crippen molar-refractivity contribution >= 4 is 16.6 Å².